The topological polar surface area (TPSA) is 74.4 Å². The van der Waals surface area contributed by atoms with Gasteiger partial charge in [0.1, 0.15) is 5.82 Å². The Labute approximate surface area is 94.0 Å². The van der Waals surface area contributed by atoms with Gasteiger partial charge in [0.25, 0.3) is 5.56 Å². The minimum atomic E-state index is -0.482. The third-order valence-corrected chi connectivity index (χ3v) is 4.24. The van der Waals surface area contributed by atoms with Gasteiger partial charge >= 0.3 is 0 Å². The van der Waals surface area contributed by atoms with E-state index in [0.29, 0.717) is 5.82 Å². The molecule has 6 heteroatoms. The van der Waals surface area contributed by atoms with Crippen LogP contribution in [0.3, 0.4) is 0 Å². The van der Waals surface area contributed by atoms with Gasteiger partial charge in [0.2, 0.25) is 0 Å². The van der Waals surface area contributed by atoms with Gasteiger partial charge in [-0.05, 0) is 17.7 Å². The number of fused-ring (bicyclic) bond motifs is 1. The zero-order chi connectivity index (χ0) is 11.1. The monoisotopic (exact) mass is 234 g/mol. The minimum Gasteiger partial charge on any atom is -0.305 e. The van der Waals surface area contributed by atoms with Gasteiger partial charge in [-0.2, -0.15) is 5.10 Å². The number of hydrogen-bond donors (Lipinski definition) is 3. The molecule has 2 N–H and O–H groups in total. The van der Waals surface area contributed by atoms with E-state index in [0.717, 1.165) is 16.2 Å². The highest BCUT2D eigenvalue weighted by atomic mass is 32.2. The van der Waals surface area contributed by atoms with E-state index in [1.165, 1.54) is 0 Å². The van der Waals surface area contributed by atoms with Crippen molar-refractivity contribution in [2.24, 2.45) is 0 Å². The number of aromatic amines is 2. The third-order valence-electron chi connectivity index (χ3n) is 2.50. The van der Waals surface area contributed by atoms with E-state index in [9.17, 15) is 4.79 Å². The number of nitrogens with one attached hydrogen (secondary N) is 2. The molecule has 0 radical (unpaired) electrons. The van der Waals surface area contributed by atoms with E-state index < -0.39 is 10.9 Å². The Morgan fingerprint density at radius 2 is 2.31 bits per heavy atom. The predicted octanol–water partition coefficient (Wildman–Crippen LogP) is 1.13. The molecule has 3 rings (SSSR count). The van der Waals surface area contributed by atoms with Crippen molar-refractivity contribution >= 4 is 17.0 Å². The number of H-pyrrole nitrogens is 2. The lowest BCUT2D eigenvalue weighted by atomic mass is 10.3. The first-order chi connectivity index (χ1) is 7.75. The maximum absolute atomic E-state index is 11.9. The van der Waals surface area contributed by atoms with E-state index in [2.05, 4.69) is 20.2 Å². The Kier molecular flexibility index (Phi) is 1.97. The van der Waals surface area contributed by atoms with Crippen LogP contribution in [0.4, 0.5) is 0 Å². The Hall–Kier alpha value is -1.82. The van der Waals surface area contributed by atoms with Crippen molar-refractivity contribution in [2.45, 2.75) is 4.90 Å². The lowest BCUT2D eigenvalue weighted by Gasteiger charge is -2.06. The largest absolute Gasteiger partial charge is 0.305 e. The summed E-state index contributed by atoms with van der Waals surface area (Å²) in [5.41, 5.74) is 1.54. The Morgan fingerprint density at radius 3 is 3.06 bits per heavy atom. The van der Waals surface area contributed by atoms with Crippen LogP contribution in [0.25, 0.3) is 17.5 Å². The molecule has 0 saturated heterocycles. The highest BCUT2D eigenvalue weighted by Crippen LogP contribution is 2.39. The minimum absolute atomic E-state index is 0.0418. The zero-order valence-corrected chi connectivity index (χ0v) is 9.45. The first kappa shape index (κ1) is 9.41. The smallest absolute Gasteiger partial charge is 0.264 e. The van der Waals surface area contributed by atoms with Gasteiger partial charge in [-0.25, -0.2) is 15.9 Å². The Balaban J connectivity index is 2.22. The van der Waals surface area contributed by atoms with Crippen LogP contribution in [0.1, 0.15) is 5.69 Å². The molecule has 0 spiro atoms. The fraction of sp³-hybridized carbons (Fsp3) is 0.100. The van der Waals surface area contributed by atoms with E-state index in [1.807, 2.05) is 17.7 Å². The van der Waals surface area contributed by atoms with Crippen molar-refractivity contribution in [1.29, 1.82) is 0 Å². The first-order valence-electron chi connectivity index (χ1n) is 4.80. The van der Waals surface area contributed by atoms with Crippen molar-refractivity contribution in [3.8, 4) is 11.4 Å². The second-order valence-electron chi connectivity index (χ2n) is 3.56. The molecule has 1 aliphatic heterocycles. The van der Waals surface area contributed by atoms with E-state index in [1.54, 1.807) is 12.4 Å². The molecule has 0 fully saturated rings. The number of thiol groups is 1. The summed E-state index contributed by atoms with van der Waals surface area (Å²) in [5, 5.41) is 8.58. The summed E-state index contributed by atoms with van der Waals surface area (Å²) < 4.78 is 0. The molecule has 1 atom stereocenters. The maximum atomic E-state index is 11.9. The molecule has 2 aromatic heterocycles. The average Bonchev–Trinajstić information content (AvgIpc) is 2.87. The van der Waals surface area contributed by atoms with E-state index in [4.69, 9.17) is 0 Å². The summed E-state index contributed by atoms with van der Waals surface area (Å²) in [6.07, 6.45) is 7.31. The van der Waals surface area contributed by atoms with Crippen LogP contribution in [-0.4, -0.2) is 26.4 Å². The Bertz CT molecular complexity index is 614. The highest BCUT2D eigenvalue weighted by Gasteiger charge is 2.17. The fourth-order valence-electron chi connectivity index (χ4n) is 1.72. The molecular weight excluding hydrogens is 224 g/mol. The molecule has 1 aliphatic rings. The van der Waals surface area contributed by atoms with Crippen LogP contribution in [0, 0.1) is 0 Å². The van der Waals surface area contributed by atoms with Crippen LogP contribution >= 0.6 is 10.9 Å². The molecular formula is C10H10N4OS. The number of aromatic nitrogens is 4. The molecule has 0 aromatic carbocycles. The molecule has 82 valence electrons. The summed E-state index contributed by atoms with van der Waals surface area (Å²) in [5.74, 6) is 0.562. The molecule has 0 saturated carbocycles. The molecule has 3 heterocycles. The molecule has 0 aliphatic carbocycles. The zero-order valence-electron chi connectivity index (χ0n) is 8.56. The summed E-state index contributed by atoms with van der Waals surface area (Å²) in [6, 6.07) is 0. The molecule has 16 heavy (non-hydrogen) atoms. The molecule has 0 bridgehead atoms. The first-order valence-corrected chi connectivity index (χ1v) is 6.66. The van der Waals surface area contributed by atoms with Crippen LogP contribution in [0.5, 0.6) is 0 Å². The fourth-order valence-corrected chi connectivity index (χ4v) is 3.09. The summed E-state index contributed by atoms with van der Waals surface area (Å²) >= 11 is 0. The highest BCUT2D eigenvalue weighted by molar-refractivity contribution is 8.19. The molecule has 5 nitrogen and oxygen atoms in total. The van der Waals surface area contributed by atoms with Gasteiger partial charge in [0.15, 0.2) is 0 Å². The maximum Gasteiger partial charge on any atom is 0.264 e. The van der Waals surface area contributed by atoms with E-state index in [-0.39, 0.29) is 5.56 Å². The van der Waals surface area contributed by atoms with Crippen LogP contribution in [0.15, 0.2) is 27.5 Å². The van der Waals surface area contributed by atoms with Gasteiger partial charge in [0, 0.05) is 6.20 Å². The number of rotatable bonds is 1. The van der Waals surface area contributed by atoms with E-state index >= 15 is 0 Å². The number of hydrogen-bond acceptors (Lipinski definition) is 3. The summed E-state index contributed by atoms with van der Waals surface area (Å²) in [4.78, 5) is 19.9. The predicted molar refractivity (Wildman–Crippen MR) is 64.6 cm³/mol. The molecule has 1 unspecified atom stereocenters. The van der Waals surface area contributed by atoms with Crippen molar-refractivity contribution in [3.63, 3.8) is 0 Å². The second kappa shape index (κ2) is 3.34. The normalized spacial score (nSPS) is 19.9. The lowest BCUT2D eigenvalue weighted by molar-refractivity contribution is 1.04. The summed E-state index contributed by atoms with van der Waals surface area (Å²) in [6.45, 7) is 0. The van der Waals surface area contributed by atoms with Crippen molar-refractivity contribution in [1.82, 2.24) is 20.2 Å². The molecule has 2 aromatic rings. The standard InChI is InChI=1S/C10H10N4OS/c1-16-3-2-7-8(16)10(15)14-9(13-7)6-4-11-12-5-6/h2-5,16H,1H3,(H,11,12)(H,13,14,15). The quantitative estimate of drug-likeness (QED) is 0.648. The van der Waals surface area contributed by atoms with Crippen LogP contribution < -0.4 is 5.56 Å². The SMILES string of the molecule is C[SH]1C=Cc2nc(-c3cn[nH]c3)[nH]c(=O)c21. The number of nitrogens with zero attached hydrogens (tertiary/aromatic N) is 2. The van der Waals surface area contributed by atoms with Crippen LogP contribution in [-0.2, 0) is 0 Å². The van der Waals surface area contributed by atoms with Gasteiger partial charge in [-0.15, -0.1) is 0 Å². The van der Waals surface area contributed by atoms with Gasteiger partial charge in [-0.1, -0.05) is 0 Å². The van der Waals surface area contributed by atoms with Crippen molar-refractivity contribution in [2.75, 3.05) is 6.26 Å². The summed E-state index contributed by atoms with van der Waals surface area (Å²) in [7, 11) is -0.482. The van der Waals surface area contributed by atoms with Gasteiger partial charge in [-0.3, -0.25) is 9.89 Å². The van der Waals surface area contributed by atoms with Crippen LogP contribution in [0.2, 0.25) is 0 Å². The van der Waals surface area contributed by atoms with Gasteiger partial charge < -0.3 is 4.98 Å². The third kappa shape index (κ3) is 1.30. The lowest BCUT2D eigenvalue weighted by Crippen LogP contribution is -2.13. The van der Waals surface area contributed by atoms with Crippen molar-refractivity contribution in [3.05, 3.63) is 33.8 Å². The molecule has 0 amide bonds. The average molecular weight is 234 g/mol. The van der Waals surface area contributed by atoms with Gasteiger partial charge in [0.05, 0.1) is 22.3 Å². The van der Waals surface area contributed by atoms with Crippen molar-refractivity contribution < 1.29 is 0 Å². The Morgan fingerprint density at radius 1 is 1.44 bits per heavy atom. The second-order valence-corrected chi connectivity index (χ2v) is 5.53.